The highest BCUT2D eigenvalue weighted by Gasteiger charge is 2.19. The average molecular weight is 314 g/mol. The van der Waals surface area contributed by atoms with Crippen molar-refractivity contribution in [2.75, 3.05) is 0 Å². The van der Waals surface area contributed by atoms with Crippen molar-refractivity contribution in [3.8, 4) is 22.3 Å². The summed E-state index contributed by atoms with van der Waals surface area (Å²) >= 11 is 0. The van der Waals surface area contributed by atoms with Crippen LogP contribution in [0.3, 0.4) is 0 Å². The van der Waals surface area contributed by atoms with Crippen molar-refractivity contribution in [3.63, 3.8) is 0 Å². The molecule has 0 aliphatic heterocycles. The molecule has 0 unspecified atom stereocenters. The summed E-state index contributed by atoms with van der Waals surface area (Å²) in [5.74, 6) is 0.979. The summed E-state index contributed by atoms with van der Waals surface area (Å²) in [5.41, 5.74) is 8.24. The van der Waals surface area contributed by atoms with Gasteiger partial charge in [0.2, 0.25) is 0 Å². The Labute approximate surface area is 146 Å². The quantitative estimate of drug-likeness (QED) is 0.475. The van der Waals surface area contributed by atoms with Gasteiger partial charge in [0.05, 0.1) is 0 Å². The predicted octanol–water partition coefficient (Wildman–Crippen LogP) is 7.27. The zero-order valence-corrected chi connectivity index (χ0v) is 15.1. The molecule has 0 aliphatic rings. The molecule has 0 heteroatoms. The van der Waals surface area contributed by atoms with Gasteiger partial charge >= 0.3 is 0 Å². The smallest absolute Gasteiger partial charge is 0.00678 e. The first-order chi connectivity index (χ1) is 11.6. The van der Waals surface area contributed by atoms with Crippen LogP contribution < -0.4 is 0 Å². The van der Waals surface area contributed by atoms with Crippen LogP contribution in [0.5, 0.6) is 0 Å². The zero-order valence-electron chi connectivity index (χ0n) is 15.1. The molecule has 122 valence electrons. The van der Waals surface area contributed by atoms with Crippen molar-refractivity contribution < 1.29 is 0 Å². The molecule has 3 rings (SSSR count). The van der Waals surface area contributed by atoms with E-state index in [4.69, 9.17) is 0 Å². The molecule has 0 radical (unpaired) electrons. The summed E-state index contributed by atoms with van der Waals surface area (Å²) in [4.78, 5) is 0. The zero-order chi connectivity index (χ0) is 17.1. The molecule has 0 aromatic heterocycles. The third-order valence-corrected chi connectivity index (χ3v) is 4.64. The number of hydrogen-bond acceptors (Lipinski definition) is 0. The highest BCUT2D eigenvalue weighted by molar-refractivity contribution is 5.88. The lowest BCUT2D eigenvalue weighted by Crippen LogP contribution is -2.01. The van der Waals surface area contributed by atoms with Crippen LogP contribution in [0.1, 0.15) is 50.7 Å². The summed E-state index contributed by atoms with van der Waals surface area (Å²) in [6.45, 7) is 9.13. The molecule has 0 amide bonds. The monoisotopic (exact) mass is 314 g/mol. The highest BCUT2D eigenvalue weighted by atomic mass is 14.2. The molecule has 0 nitrogen and oxygen atoms in total. The summed E-state index contributed by atoms with van der Waals surface area (Å²) in [7, 11) is 0. The van der Waals surface area contributed by atoms with Gasteiger partial charge in [-0.1, -0.05) is 100 Å². The Balaban J connectivity index is 2.40. The molecule has 0 spiro atoms. The van der Waals surface area contributed by atoms with Gasteiger partial charge in [0, 0.05) is 0 Å². The second kappa shape index (κ2) is 7.05. The van der Waals surface area contributed by atoms with E-state index in [0.717, 1.165) is 0 Å². The van der Waals surface area contributed by atoms with Gasteiger partial charge in [-0.25, -0.2) is 0 Å². The second-order valence-electron chi connectivity index (χ2n) is 7.04. The van der Waals surface area contributed by atoms with Gasteiger partial charge in [0.25, 0.3) is 0 Å². The van der Waals surface area contributed by atoms with E-state index in [-0.39, 0.29) is 0 Å². The first-order valence-electron chi connectivity index (χ1n) is 8.87. The van der Waals surface area contributed by atoms with Gasteiger partial charge < -0.3 is 0 Å². The Morgan fingerprint density at radius 2 is 0.792 bits per heavy atom. The Morgan fingerprint density at radius 1 is 0.458 bits per heavy atom. The van der Waals surface area contributed by atoms with Crippen molar-refractivity contribution in [2.45, 2.75) is 39.5 Å². The van der Waals surface area contributed by atoms with E-state index >= 15 is 0 Å². The molecule has 0 atom stereocenters. The molecular weight excluding hydrogens is 288 g/mol. The van der Waals surface area contributed by atoms with E-state index in [9.17, 15) is 0 Å². The van der Waals surface area contributed by atoms with Gasteiger partial charge in [-0.2, -0.15) is 0 Å². The number of benzene rings is 3. The van der Waals surface area contributed by atoms with E-state index in [1.165, 1.54) is 33.4 Å². The van der Waals surface area contributed by atoms with Gasteiger partial charge in [-0.3, -0.25) is 0 Å². The maximum atomic E-state index is 2.33. The van der Waals surface area contributed by atoms with Crippen LogP contribution >= 0.6 is 0 Å². The van der Waals surface area contributed by atoms with Crippen LogP contribution in [0.15, 0.2) is 72.8 Å². The van der Waals surface area contributed by atoms with Crippen LogP contribution in [0.2, 0.25) is 0 Å². The maximum Gasteiger partial charge on any atom is -0.00678 e. The van der Waals surface area contributed by atoms with E-state index in [1.807, 2.05) is 0 Å². The van der Waals surface area contributed by atoms with Gasteiger partial charge in [-0.15, -0.1) is 0 Å². The minimum Gasteiger partial charge on any atom is -0.0622 e. The largest absolute Gasteiger partial charge is 0.0622 e. The lowest BCUT2D eigenvalue weighted by Gasteiger charge is -2.23. The summed E-state index contributed by atoms with van der Waals surface area (Å²) in [5, 5.41) is 0. The van der Waals surface area contributed by atoms with Crippen LogP contribution in [0.25, 0.3) is 22.3 Å². The van der Waals surface area contributed by atoms with Crippen LogP contribution in [0.4, 0.5) is 0 Å². The minimum atomic E-state index is 0.490. The molecule has 0 saturated carbocycles. The molecule has 0 fully saturated rings. The standard InChI is InChI=1S/C24H26/c1-17(2)21-15-16-22(18(3)4)24(20-13-9-6-10-14-20)23(21)19-11-7-5-8-12-19/h5-18H,1-4H3. The lowest BCUT2D eigenvalue weighted by atomic mass is 9.81. The van der Waals surface area contributed by atoms with Crippen molar-refractivity contribution >= 4 is 0 Å². The molecular formula is C24H26. The number of hydrogen-bond donors (Lipinski definition) is 0. The highest BCUT2D eigenvalue weighted by Crippen LogP contribution is 2.42. The first-order valence-corrected chi connectivity index (χ1v) is 8.87. The molecule has 0 N–H and O–H groups in total. The molecule has 0 aliphatic carbocycles. The normalized spacial score (nSPS) is 11.2. The average Bonchev–Trinajstić information content (AvgIpc) is 2.61. The minimum absolute atomic E-state index is 0.490. The van der Waals surface area contributed by atoms with Crippen LogP contribution in [-0.2, 0) is 0 Å². The Kier molecular flexibility index (Phi) is 4.85. The van der Waals surface area contributed by atoms with Crippen molar-refractivity contribution in [1.82, 2.24) is 0 Å². The van der Waals surface area contributed by atoms with E-state index in [0.29, 0.717) is 11.8 Å². The number of rotatable bonds is 4. The topological polar surface area (TPSA) is 0 Å². The third-order valence-electron chi connectivity index (χ3n) is 4.64. The maximum absolute atomic E-state index is 2.33. The SMILES string of the molecule is CC(C)c1ccc(C(C)C)c(-c2ccccc2)c1-c1ccccc1. The molecule has 24 heavy (non-hydrogen) atoms. The van der Waals surface area contributed by atoms with Crippen molar-refractivity contribution in [2.24, 2.45) is 0 Å². The summed E-state index contributed by atoms with van der Waals surface area (Å²) in [6, 6.07) is 26.3. The molecule has 3 aromatic carbocycles. The molecule has 3 aromatic rings. The molecule has 0 bridgehead atoms. The van der Waals surface area contributed by atoms with Crippen LogP contribution in [0, 0.1) is 0 Å². The van der Waals surface area contributed by atoms with Crippen molar-refractivity contribution in [3.05, 3.63) is 83.9 Å². The fraction of sp³-hybridized carbons (Fsp3) is 0.250. The predicted molar refractivity (Wildman–Crippen MR) is 105 cm³/mol. The van der Waals surface area contributed by atoms with Crippen molar-refractivity contribution in [1.29, 1.82) is 0 Å². The summed E-state index contributed by atoms with van der Waals surface area (Å²) in [6.07, 6.45) is 0. The Bertz CT molecular complexity index is 726. The Morgan fingerprint density at radius 3 is 1.08 bits per heavy atom. The Hall–Kier alpha value is -2.34. The van der Waals surface area contributed by atoms with Crippen LogP contribution in [-0.4, -0.2) is 0 Å². The second-order valence-corrected chi connectivity index (χ2v) is 7.04. The third kappa shape index (κ3) is 3.14. The fourth-order valence-electron chi connectivity index (χ4n) is 3.43. The van der Waals surface area contributed by atoms with Gasteiger partial charge in [0.15, 0.2) is 0 Å². The molecule has 0 saturated heterocycles. The molecule has 0 heterocycles. The van der Waals surface area contributed by atoms with E-state index in [2.05, 4.69) is 100 Å². The van der Waals surface area contributed by atoms with Gasteiger partial charge in [0.1, 0.15) is 0 Å². The lowest BCUT2D eigenvalue weighted by molar-refractivity contribution is 0.849. The van der Waals surface area contributed by atoms with Gasteiger partial charge in [-0.05, 0) is 45.2 Å². The van der Waals surface area contributed by atoms with E-state index in [1.54, 1.807) is 0 Å². The fourth-order valence-corrected chi connectivity index (χ4v) is 3.43. The summed E-state index contributed by atoms with van der Waals surface area (Å²) < 4.78 is 0. The first kappa shape index (κ1) is 16.5. The van der Waals surface area contributed by atoms with E-state index < -0.39 is 0 Å².